The molecule has 0 radical (unpaired) electrons. The van der Waals surface area contributed by atoms with Gasteiger partial charge in [0.1, 0.15) is 5.75 Å². The lowest BCUT2D eigenvalue weighted by molar-refractivity contribution is -0.125. The summed E-state index contributed by atoms with van der Waals surface area (Å²) in [7, 11) is 1.74. The Labute approximate surface area is 116 Å². The van der Waals surface area contributed by atoms with Crippen LogP contribution in [0.3, 0.4) is 0 Å². The van der Waals surface area contributed by atoms with Crippen molar-refractivity contribution in [2.75, 3.05) is 19.8 Å². The van der Waals surface area contributed by atoms with E-state index in [1.165, 1.54) is 4.90 Å². The van der Waals surface area contributed by atoms with Gasteiger partial charge in [0.25, 0.3) is 0 Å². The van der Waals surface area contributed by atoms with Gasteiger partial charge in [0, 0.05) is 30.5 Å². The highest BCUT2D eigenvalue weighted by Gasteiger charge is 2.26. The van der Waals surface area contributed by atoms with E-state index in [9.17, 15) is 13.8 Å². The molecule has 2 unspecified atom stereocenters. The SMILES string of the molecule is CCC(C(=O)c1ccccc1)S(=O)CC(=O)N(C)C. The van der Waals surface area contributed by atoms with Crippen LogP contribution in [0.1, 0.15) is 23.7 Å². The molecule has 0 saturated heterocycles. The Morgan fingerprint density at radius 2 is 1.79 bits per heavy atom. The molecule has 0 spiro atoms. The van der Waals surface area contributed by atoms with Crippen molar-refractivity contribution >= 4 is 22.5 Å². The Hall–Kier alpha value is -1.49. The largest absolute Gasteiger partial charge is 0.348 e. The van der Waals surface area contributed by atoms with Crippen LogP contribution < -0.4 is 0 Å². The van der Waals surface area contributed by atoms with E-state index in [1.807, 2.05) is 13.0 Å². The molecule has 4 nitrogen and oxygen atoms in total. The van der Waals surface area contributed by atoms with E-state index in [0.29, 0.717) is 12.0 Å². The second-order valence-electron chi connectivity index (χ2n) is 4.44. The number of Topliss-reactive ketones (excluding diaryl/α,β-unsaturated/α-hetero) is 1. The van der Waals surface area contributed by atoms with E-state index in [4.69, 9.17) is 0 Å². The van der Waals surface area contributed by atoms with E-state index < -0.39 is 16.0 Å². The molecule has 0 aromatic heterocycles. The normalized spacial score (nSPS) is 13.6. The van der Waals surface area contributed by atoms with Crippen molar-refractivity contribution in [2.24, 2.45) is 0 Å². The number of rotatable bonds is 6. The molecule has 0 aliphatic heterocycles. The van der Waals surface area contributed by atoms with E-state index in [2.05, 4.69) is 0 Å². The lowest BCUT2D eigenvalue weighted by Crippen LogP contribution is -2.34. The van der Waals surface area contributed by atoms with Crippen molar-refractivity contribution in [2.45, 2.75) is 18.6 Å². The van der Waals surface area contributed by atoms with Gasteiger partial charge >= 0.3 is 0 Å². The van der Waals surface area contributed by atoms with Crippen LogP contribution in [0.4, 0.5) is 0 Å². The maximum Gasteiger partial charge on any atom is 0.234 e. The van der Waals surface area contributed by atoms with Crippen LogP contribution in [-0.4, -0.2) is 45.9 Å². The molecule has 19 heavy (non-hydrogen) atoms. The first-order valence-electron chi connectivity index (χ1n) is 6.14. The van der Waals surface area contributed by atoms with Crippen LogP contribution >= 0.6 is 0 Å². The van der Waals surface area contributed by atoms with Gasteiger partial charge in [-0.1, -0.05) is 37.3 Å². The minimum Gasteiger partial charge on any atom is -0.348 e. The van der Waals surface area contributed by atoms with Crippen molar-refractivity contribution in [3.05, 3.63) is 35.9 Å². The number of hydrogen-bond donors (Lipinski definition) is 0. The summed E-state index contributed by atoms with van der Waals surface area (Å²) in [6.45, 7) is 1.81. The van der Waals surface area contributed by atoms with Crippen LogP contribution in [0, 0.1) is 0 Å². The highest BCUT2D eigenvalue weighted by Crippen LogP contribution is 2.12. The van der Waals surface area contributed by atoms with Gasteiger partial charge in [-0.3, -0.25) is 13.8 Å². The Bertz CT molecular complexity index is 471. The Morgan fingerprint density at radius 3 is 2.26 bits per heavy atom. The van der Waals surface area contributed by atoms with Crippen LogP contribution in [0.25, 0.3) is 0 Å². The van der Waals surface area contributed by atoms with E-state index in [-0.39, 0.29) is 17.4 Å². The molecule has 1 aromatic carbocycles. The third-order valence-corrected chi connectivity index (χ3v) is 4.52. The van der Waals surface area contributed by atoms with Crippen LogP contribution in [0.5, 0.6) is 0 Å². The summed E-state index contributed by atoms with van der Waals surface area (Å²) in [5.41, 5.74) is 0.542. The minimum absolute atomic E-state index is 0.107. The average molecular weight is 281 g/mol. The minimum atomic E-state index is -1.48. The number of carbonyl (C=O) groups is 2. The second-order valence-corrected chi connectivity index (χ2v) is 6.06. The molecule has 1 amide bonds. The number of amides is 1. The number of nitrogens with zero attached hydrogens (tertiary/aromatic N) is 1. The van der Waals surface area contributed by atoms with Crippen molar-refractivity contribution in [3.8, 4) is 0 Å². The maximum atomic E-state index is 12.3. The van der Waals surface area contributed by atoms with E-state index in [1.54, 1.807) is 38.4 Å². The highest BCUT2D eigenvalue weighted by molar-refractivity contribution is 7.87. The predicted molar refractivity (Wildman–Crippen MR) is 76.6 cm³/mol. The summed E-state index contributed by atoms with van der Waals surface area (Å²) in [6.07, 6.45) is 0.459. The van der Waals surface area contributed by atoms with Gasteiger partial charge < -0.3 is 4.90 Å². The first kappa shape index (κ1) is 15.6. The summed E-state index contributed by atoms with van der Waals surface area (Å²) < 4.78 is 12.1. The van der Waals surface area contributed by atoms with Gasteiger partial charge in [0.2, 0.25) is 5.91 Å². The fourth-order valence-corrected chi connectivity index (χ4v) is 3.08. The van der Waals surface area contributed by atoms with E-state index in [0.717, 1.165) is 0 Å². The molecule has 0 aliphatic rings. The first-order valence-corrected chi connectivity index (χ1v) is 7.52. The molecule has 0 bridgehead atoms. The summed E-state index contributed by atoms with van der Waals surface area (Å²) in [6, 6.07) is 8.78. The lowest BCUT2D eigenvalue weighted by atomic mass is 10.1. The van der Waals surface area contributed by atoms with Gasteiger partial charge in [-0.2, -0.15) is 0 Å². The van der Waals surface area contributed by atoms with Gasteiger partial charge in [-0.15, -0.1) is 0 Å². The molecular weight excluding hydrogens is 262 g/mol. The topological polar surface area (TPSA) is 54.5 Å². The summed E-state index contributed by atoms with van der Waals surface area (Å²) in [5, 5.41) is -0.619. The van der Waals surface area contributed by atoms with Crippen molar-refractivity contribution in [1.82, 2.24) is 4.90 Å². The van der Waals surface area contributed by atoms with Crippen molar-refractivity contribution in [3.63, 3.8) is 0 Å². The molecule has 104 valence electrons. The zero-order valence-electron chi connectivity index (χ0n) is 11.5. The summed E-state index contributed by atoms with van der Waals surface area (Å²) in [5.74, 6) is -0.491. The molecule has 0 heterocycles. The van der Waals surface area contributed by atoms with Gasteiger partial charge in [0.15, 0.2) is 5.78 Å². The quantitative estimate of drug-likeness (QED) is 0.742. The Kier molecular flexibility index (Phi) is 5.89. The molecule has 0 fully saturated rings. The zero-order valence-corrected chi connectivity index (χ0v) is 12.3. The first-order chi connectivity index (χ1) is 8.97. The molecule has 2 atom stereocenters. The maximum absolute atomic E-state index is 12.3. The van der Waals surface area contributed by atoms with Crippen LogP contribution in [0.2, 0.25) is 0 Å². The monoisotopic (exact) mass is 281 g/mol. The summed E-state index contributed by atoms with van der Waals surface area (Å²) >= 11 is 0. The van der Waals surface area contributed by atoms with Crippen LogP contribution in [-0.2, 0) is 15.6 Å². The second kappa shape index (κ2) is 7.19. The molecule has 1 aromatic rings. The summed E-state index contributed by atoms with van der Waals surface area (Å²) in [4.78, 5) is 25.2. The molecule has 1 rings (SSSR count). The molecule has 5 heteroatoms. The van der Waals surface area contributed by atoms with Gasteiger partial charge in [0.05, 0.1) is 5.25 Å². The van der Waals surface area contributed by atoms with Crippen LogP contribution in [0.15, 0.2) is 30.3 Å². The predicted octanol–water partition coefficient (Wildman–Crippen LogP) is 1.48. The van der Waals surface area contributed by atoms with Gasteiger partial charge in [-0.05, 0) is 6.42 Å². The number of hydrogen-bond acceptors (Lipinski definition) is 3. The smallest absolute Gasteiger partial charge is 0.234 e. The molecule has 0 aliphatic carbocycles. The molecular formula is C14H19NO3S. The Balaban J connectivity index is 2.81. The van der Waals surface area contributed by atoms with Crippen molar-refractivity contribution < 1.29 is 13.8 Å². The standard InChI is InChI=1S/C14H19NO3S/c1-4-12(19(18)10-13(16)15(2)3)14(17)11-8-6-5-7-9-11/h5-9,12H,4,10H2,1-3H3. The van der Waals surface area contributed by atoms with E-state index >= 15 is 0 Å². The zero-order chi connectivity index (χ0) is 14.4. The number of ketones is 1. The third-order valence-electron chi connectivity index (χ3n) is 2.80. The molecule has 0 N–H and O–H groups in total. The third kappa shape index (κ3) is 4.28. The Morgan fingerprint density at radius 1 is 1.21 bits per heavy atom. The molecule has 0 saturated carbocycles. The fraction of sp³-hybridized carbons (Fsp3) is 0.429. The lowest BCUT2D eigenvalue weighted by Gasteiger charge is -2.15. The highest BCUT2D eigenvalue weighted by atomic mass is 32.2. The van der Waals surface area contributed by atoms with Crippen molar-refractivity contribution in [1.29, 1.82) is 0 Å². The fourth-order valence-electron chi connectivity index (χ4n) is 1.63. The number of benzene rings is 1. The number of carbonyl (C=O) groups excluding carboxylic acids is 2. The average Bonchev–Trinajstić information content (AvgIpc) is 2.40. The van der Waals surface area contributed by atoms with Gasteiger partial charge in [-0.25, -0.2) is 0 Å².